The molecule has 1 fully saturated rings. The molecular formula is C20H20BrN3O. The smallest absolute Gasteiger partial charge is 0.226 e. The summed E-state index contributed by atoms with van der Waals surface area (Å²) in [6.07, 6.45) is 1.75. The zero-order chi connectivity index (χ0) is 17.2. The summed E-state index contributed by atoms with van der Waals surface area (Å²) in [6.45, 7) is 2.59. The minimum Gasteiger partial charge on any atom is -0.444 e. The van der Waals surface area contributed by atoms with Gasteiger partial charge in [0.2, 0.25) is 5.89 Å². The molecule has 0 radical (unpaired) electrons. The average molecular weight is 398 g/mol. The highest BCUT2D eigenvalue weighted by Crippen LogP contribution is 2.28. The fourth-order valence-corrected chi connectivity index (χ4v) is 3.69. The quantitative estimate of drug-likeness (QED) is 0.721. The van der Waals surface area contributed by atoms with Gasteiger partial charge >= 0.3 is 0 Å². The van der Waals surface area contributed by atoms with Gasteiger partial charge in [0, 0.05) is 41.6 Å². The molecule has 1 aromatic heterocycles. The van der Waals surface area contributed by atoms with Crippen LogP contribution in [0, 0.1) is 0 Å². The van der Waals surface area contributed by atoms with Crippen molar-refractivity contribution in [2.24, 2.45) is 5.73 Å². The topological polar surface area (TPSA) is 55.3 Å². The van der Waals surface area contributed by atoms with E-state index in [4.69, 9.17) is 10.2 Å². The van der Waals surface area contributed by atoms with E-state index in [0.29, 0.717) is 11.8 Å². The molecule has 0 bridgehead atoms. The van der Waals surface area contributed by atoms with Gasteiger partial charge in [0.25, 0.3) is 0 Å². The Bertz CT molecular complexity index is 832. The summed E-state index contributed by atoms with van der Waals surface area (Å²) in [5.41, 5.74) is 9.61. The molecule has 1 saturated heterocycles. The van der Waals surface area contributed by atoms with E-state index in [-0.39, 0.29) is 6.04 Å². The number of hydrogen-bond acceptors (Lipinski definition) is 4. The number of nitrogens with zero attached hydrogens (tertiary/aromatic N) is 2. The van der Waals surface area contributed by atoms with Crippen molar-refractivity contribution in [3.8, 4) is 11.5 Å². The summed E-state index contributed by atoms with van der Waals surface area (Å²) in [6, 6.07) is 18.6. The normalized spacial score (nSPS) is 20.9. The second kappa shape index (κ2) is 7.12. The molecule has 1 aliphatic heterocycles. The summed E-state index contributed by atoms with van der Waals surface area (Å²) in [5.74, 6) is 1.03. The Morgan fingerprint density at radius 1 is 1.08 bits per heavy atom. The molecule has 2 N–H and O–H groups in total. The molecule has 0 spiro atoms. The van der Waals surface area contributed by atoms with Gasteiger partial charge in [0.1, 0.15) is 6.26 Å². The van der Waals surface area contributed by atoms with Crippen LogP contribution in [0.25, 0.3) is 11.5 Å². The van der Waals surface area contributed by atoms with Gasteiger partial charge in [-0.1, -0.05) is 46.3 Å². The summed E-state index contributed by atoms with van der Waals surface area (Å²) in [7, 11) is 0. The molecule has 1 aliphatic rings. The van der Waals surface area contributed by atoms with Crippen LogP contribution in [0.5, 0.6) is 0 Å². The fraction of sp³-hybridized carbons (Fsp3) is 0.250. The lowest BCUT2D eigenvalue weighted by Gasteiger charge is -2.14. The molecule has 0 aliphatic carbocycles. The van der Waals surface area contributed by atoms with Gasteiger partial charge in [-0.15, -0.1) is 0 Å². The van der Waals surface area contributed by atoms with Crippen LogP contribution >= 0.6 is 15.9 Å². The molecule has 5 heteroatoms. The predicted molar refractivity (Wildman–Crippen MR) is 102 cm³/mol. The number of halogens is 1. The van der Waals surface area contributed by atoms with Crippen molar-refractivity contribution >= 4 is 15.9 Å². The van der Waals surface area contributed by atoms with Crippen LogP contribution in [0.3, 0.4) is 0 Å². The molecule has 25 heavy (non-hydrogen) atoms. The predicted octanol–water partition coefficient (Wildman–Crippen LogP) is 4.03. The number of nitrogens with two attached hydrogens (primary N) is 1. The van der Waals surface area contributed by atoms with Gasteiger partial charge in [-0.2, -0.15) is 0 Å². The highest BCUT2D eigenvalue weighted by Gasteiger charge is 2.31. The monoisotopic (exact) mass is 397 g/mol. The van der Waals surface area contributed by atoms with Gasteiger partial charge in [-0.25, -0.2) is 4.98 Å². The van der Waals surface area contributed by atoms with Crippen LogP contribution in [0.2, 0.25) is 0 Å². The van der Waals surface area contributed by atoms with Crippen molar-refractivity contribution in [2.75, 3.05) is 13.1 Å². The molecule has 128 valence electrons. The number of benzene rings is 2. The Labute approximate surface area is 155 Å². The maximum atomic E-state index is 6.38. The molecule has 3 aromatic rings. The Balaban J connectivity index is 1.44. The van der Waals surface area contributed by atoms with Crippen LogP contribution in [0.15, 0.2) is 69.8 Å². The van der Waals surface area contributed by atoms with Gasteiger partial charge in [0.05, 0.1) is 5.69 Å². The highest BCUT2D eigenvalue weighted by molar-refractivity contribution is 9.10. The molecule has 2 heterocycles. The summed E-state index contributed by atoms with van der Waals surface area (Å²) in [5, 5.41) is 0. The largest absolute Gasteiger partial charge is 0.444 e. The van der Waals surface area contributed by atoms with E-state index in [1.807, 2.05) is 30.3 Å². The minimum atomic E-state index is 0.153. The summed E-state index contributed by atoms with van der Waals surface area (Å²) < 4.78 is 6.70. The Morgan fingerprint density at radius 3 is 2.60 bits per heavy atom. The van der Waals surface area contributed by atoms with Crippen molar-refractivity contribution in [1.29, 1.82) is 0 Å². The first kappa shape index (κ1) is 16.5. The van der Waals surface area contributed by atoms with Gasteiger partial charge < -0.3 is 10.2 Å². The van der Waals surface area contributed by atoms with Crippen LogP contribution in [0.4, 0.5) is 0 Å². The molecule has 0 unspecified atom stereocenters. The lowest BCUT2D eigenvalue weighted by atomic mass is 9.95. The van der Waals surface area contributed by atoms with E-state index < -0.39 is 0 Å². The first-order valence-electron chi connectivity index (χ1n) is 8.42. The zero-order valence-corrected chi connectivity index (χ0v) is 15.4. The molecule has 0 saturated carbocycles. The van der Waals surface area contributed by atoms with E-state index >= 15 is 0 Å². The molecule has 4 nitrogen and oxygen atoms in total. The number of rotatable bonds is 4. The SMILES string of the molecule is N[C@@H]1CN(Cc2coc(-c3ccc(Br)cc3)n2)C[C@H]1c1ccccc1. The second-order valence-corrected chi connectivity index (χ2v) is 7.44. The Morgan fingerprint density at radius 2 is 1.84 bits per heavy atom. The first-order valence-corrected chi connectivity index (χ1v) is 9.21. The van der Waals surface area contributed by atoms with Crippen LogP contribution in [0.1, 0.15) is 17.2 Å². The van der Waals surface area contributed by atoms with E-state index in [1.54, 1.807) is 6.26 Å². The third kappa shape index (κ3) is 3.68. The maximum Gasteiger partial charge on any atom is 0.226 e. The molecule has 2 atom stereocenters. The van der Waals surface area contributed by atoms with Crippen molar-refractivity contribution in [1.82, 2.24) is 9.88 Å². The van der Waals surface area contributed by atoms with Crippen molar-refractivity contribution < 1.29 is 4.42 Å². The number of hydrogen-bond donors (Lipinski definition) is 1. The third-order valence-corrected chi connectivity index (χ3v) is 5.23. The zero-order valence-electron chi connectivity index (χ0n) is 13.8. The Kier molecular flexibility index (Phi) is 4.70. The first-order chi connectivity index (χ1) is 12.2. The van der Waals surface area contributed by atoms with E-state index in [9.17, 15) is 0 Å². The minimum absolute atomic E-state index is 0.153. The molecule has 4 rings (SSSR count). The van der Waals surface area contributed by atoms with Crippen molar-refractivity contribution in [3.63, 3.8) is 0 Å². The highest BCUT2D eigenvalue weighted by atomic mass is 79.9. The summed E-state index contributed by atoms with van der Waals surface area (Å²) >= 11 is 3.44. The fourth-order valence-electron chi connectivity index (χ4n) is 3.43. The van der Waals surface area contributed by atoms with Crippen LogP contribution in [-0.2, 0) is 6.54 Å². The lowest BCUT2D eigenvalue weighted by Crippen LogP contribution is -2.28. The van der Waals surface area contributed by atoms with Crippen LogP contribution < -0.4 is 5.73 Å². The van der Waals surface area contributed by atoms with E-state index in [0.717, 1.165) is 35.4 Å². The maximum absolute atomic E-state index is 6.38. The van der Waals surface area contributed by atoms with Crippen molar-refractivity contribution in [2.45, 2.75) is 18.5 Å². The van der Waals surface area contributed by atoms with E-state index in [2.05, 4.69) is 50.1 Å². The van der Waals surface area contributed by atoms with Gasteiger partial charge in [-0.3, -0.25) is 4.90 Å². The van der Waals surface area contributed by atoms with Crippen LogP contribution in [-0.4, -0.2) is 29.0 Å². The molecule has 0 amide bonds. The van der Waals surface area contributed by atoms with Gasteiger partial charge in [-0.05, 0) is 29.8 Å². The molecular weight excluding hydrogens is 378 g/mol. The van der Waals surface area contributed by atoms with E-state index in [1.165, 1.54) is 5.56 Å². The summed E-state index contributed by atoms with van der Waals surface area (Å²) in [4.78, 5) is 6.98. The number of aromatic nitrogens is 1. The number of likely N-dealkylation sites (tertiary alicyclic amines) is 1. The third-order valence-electron chi connectivity index (χ3n) is 4.70. The Hall–Kier alpha value is -1.95. The number of oxazole rings is 1. The molecule has 2 aromatic carbocycles. The average Bonchev–Trinajstić information content (AvgIpc) is 3.23. The van der Waals surface area contributed by atoms with Crippen molar-refractivity contribution in [3.05, 3.63) is 76.6 Å². The lowest BCUT2D eigenvalue weighted by molar-refractivity contribution is 0.319. The van der Waals surface area contributed by atoms with Gasteiger partial charge in [0.15, 0.2) is 0 Å². The standard InChI is InChI=1S/C20H20BrN3O/c21-16-8-6-15(7-9-16)20-23-17(13-25-20)10-24-11-18(19(22)12-24)14-4-2-1-3-5-14/h1-9,13,18-19H,10-12,22H2/t18-,19+/m0/s1. The second-order valence-electron chi connectivity index (χ2n) is 6.53.